The van der Waals surface area contributed by atoms with Crippen molar-refractivity contribution in [3.05, 3.63) is 47.8 Å². The van der Waals surface area contributed by atoms with Crippen molar-refractivity contribution in [2.24, 2.45) is 0 Å². The topological polar surface area (TPSA) is 60.6 Å². The van der Waals surface area contributed by atoms with E-state index < -0.39 is 5.97 Å². The van der Waals surface area contributed by atoms with Gasteiger partial charge in [0.25, 0.3) is 0 Å². The zero-order valence-corrected chi connectivity index (χ0v) is 10.8. The number of hydrogen-bond acceptors (Lipinski definition) is 4. The molecule has 1 aromatic carbocycles. The summed E-state index contributed by atoms with van der Waals surface area (Å²) in [5, 5.41) is 0. The Morgan fingerprint density at radius 2 is 2.05 bits per heavy atom. The summed E-state index contributed by atoms with van der Waals surface area (Å²) >= 11 is 0. The molecule has 1 heterocycles. The zero-order chi connectivity index (χ0) is 13.7. The molecule has 0 saturated carbocycles. The number of aromatic nitrogens is 1. The summed E-state index contributed by atoms with van der Waals surface area (Å²) in [6.07, 6.45) is 1.67. The first-order chi connectivity index (χ1) is 9.24. The number of carbonyl (C=O) groups excluding carboxylic acids is 1. The van der Waals surface area contributed by atoms with Crippen molar-refractivity contribution in [3.63, 3.8) is 0 Å². The predicted molar refractivity (Wildman–Crippen MR) is 69.5 cm³/mol. The molecule has 0 aliphatic rings. The molecule has 0 unspecified atom stereocenters. The minimum absolute atomic E-state index is 0.123. The SMILES string of the molecule is COc1ccc(OC)c(COC(=O)c2ccc[nH]2)c1. The summed E-state index contributed by atoms with van der Waals surface area (Å²) < 4.78 is 15.6. The third-order valence-electron chi connectivity index (χ3n) is 2.66. The molecule has 100 valence electrons. The number of aromatic amines is 1. The first-order valence-electron chi connectivity index (χ1n) is 5.76. The van der Waals surface area contributed by atoms with Crippen molar-refractivity contribution in [1.29, 1.82) is 0 Å². The number of nitrogens with one attached hydrogen (secondary N) is 1. The number of rotatable bonds is 5. The zero-order valence-electron chi connectivity index (χ0n) is 10.8. The van der Waals surface area contributed by atoms with E-state index in [1.165, 1.54) is 0 Å². The third kappa shape index (κ3) is 3.07. The van der Waals surface area contributed by atoms with Gasteiger partial charge < -0.3 is 19.2 Å². The van der Waals surface area contributed by atoms with Gasteiger partial charge >= 0.3 is 5.97 Å². The van der Waals surface area contributed by atoms with Gasteiger partial charge in [-0.05, 0) is 30.3 Å². The molecule has 0 aliphatic carbocycles. The van der Waals surface area contributed by atoms with E-state index in [1.807, 2.05) is 0 Å². The minimum Gasteiger partial charge on any atom is -0.497 e. The fourth-order valence-electron chi connectivity index (χ4n) is 1.67. The average Bonchev–Trinajstić information content (AvgIpc) is 2.98. The summed E-state index contributed by atoms with van der Waals surface area (Å²) in [5.74, 6) is 0.932. The lowest BCUT2D eigenvalue weighted by Crippen LogP contribution is -2.06. The van der Waals surface area contributed by atoms with Crippen LogP contribution in [-0.2, 0) is 11.3 Å². The van der Waals surface area contributed by atoms with Crippen molar-refractivity contribution in [2.75, 3.05) is 14.2 Å². The number of esters is 1. The van der Waals surface area contributed by atoms with Crippen LogP contribution in [0.15, 0.2) is 36.5 Å². The number of benzene rings is 1. The molecule has 19 heavy (non-hydrogen) atoms. The Labute approximate surface area is 111 Å². The van der Waals surface area contributed by atoms with Crippen LogP contribution in [0.25, 0.3) is 0 Å². The molecular weight excluding hydrogens is 246 g/mol. The van der Waals surface area contributed by atoms with Gasteiger partial charge in [0.15, 0.2) is 0 Å². The number of carbonyl (C=O) groups is 1. The summed E-state index contributed by atoms with van der Waals surface area (Å²) in [6.45, 7) is 0.123. The summed E-state index contributed by atoms with van der Waals surface area (Å²) in [5.41, 5.74) is 1.17. The largest absolute Gasteiger partial charge is 0.497 e. The van der Waals surface area contributed by atoms with Crippen molar-refractivity contribution in [2.45, 2.75) is 6.61 Å². The van der Waals surface area contributed by atoms with Crippen molar-refractivity contribution in [3.8, 4) is 11.5 Å². The highest BCUT2D eigenvalue weighted by Gasteiger charge is 2.11. The highest BCUT2D eigenvalue weighted by atomic mass is 16.5. The molecule has 0 bridgehead atoms. The van der Waals surface area contributed by atoms with Gasteiger partial charge in [0.2, 0.25) is 0 Å². The predicted octanol–water partition coefficient (Wildman–Crippen LogP) is 2.39. The lowest BCUT2D eigenvalue weighted by atomic mass is 10.2. The number of H-pyrrole nitrogens is 1. The van der Waals surface area contributed by atoms with Gasteiger partial charge in [-0.3, -0.25) is 0 Å². The van der Waals surface area contributed by atoms with Crippen LogP contribution in [0.2, 0.25) is 0 Å². The van der Waals surface area contributed by atoms with Crippen LogP contribution < -0.4 is 9.47 Å². The van der Waals surface area contributed by atoms with E-state index in [2.05, 4.69) is 4.98 Å². The molecule has 2 aromatic rings. The van der Waals surface area contributed by atoms with Crippen LogP contribution in [0, 0.1) is 0 Å². The third-order valence-corrected chi connectivity index (χ3v) is 2.66. The summed E-state index contributed by atoms with van der Waals surface area (Å²) in [7, 11) is 3.15. The van der Waals surface area contributed by atoms with E-state index in [1.54, 1.807) is 50.7 Å². The molecule has 0 atom stereocenters. The maximum Gasteiger partial charge on any atom is 0.355 e. The molecule has 0 aliphatic heterocycles. The molecule has 5 heteroatoms. The van der Waals surface area contributed by atoms with Gasteiger partial charge in [-0.25, -0.2) is 4.79 Å². The molecule has 1 aromatic heterocycles. The van der Waals surface area contributed by atoms with E-state index in [0.717, 1.165) is 5.56 Å². The van der Waals surface area contributed by atoms with Crippen LogP contribution in [0.4, 0.5) is 0 Å². The summed E-state index contributed by atoms with van der Waals surface area (Å²) in [6, 6.07) is 8.74. The maximum atomic E-state index is 11.7. The smallest absolute Gasteiger partial charge is 0.355 e. The van der Waals surface area contributed by atoms with E-state index in [4.69, 9.17) is 14.2 Å². The molecule has 0 radical (unpaired) electrons. The minimum atomic E-state index is -0.408. The van der Waals surface area contributed by atoms with Crippen LogP contribution >= 0.6 is 0 Å². The van der Waals surface area contributed by atoms with Gasteiger partial charge in [-0.2, -0.15) is 0 Å². The standard InChI is InChI=1S/C14H15NO4/c1-17-11-5-6-13(18-2)10(8-11)9-19-14(16)12-4-3-7-15-12/h3-8,15H,9H2,1-2H3. The highest BCUT2D eigenvalue weighted by Crippen LogP contribution is 2.24. The Hall–Kier alpha value is -2.43. The van der Waals surface area contributed by atoms with Crippen LogP contribution in [0.5, 0.6) is 11.5 Å². The molecule has 5 nitrogen and oxygen atoms in total. The first-order valence-corrected chi connectivity index (χ1v) is 5.76. The monoisotopic (exact) mass is 261 g/mol. The van der Waals surface area contributed by atoms with Gasteiger partial charge in [0, 0.05) is 11.8 Å². The molecule has 0 fully saturated rings. The fourth-order valence-corrected chi connectivity index (χ4v) is 1.67. The number of hydrogen-bond donors (Lipinski definition) is 1. The van der Waals surface area contributed by atoms with E-state index >= 15 is 0 Å². The average molecular weight is 261 g/mol. The van der Waals surface area contributed by atoms with E-state index in [-0.39, 0.29) is 6.61 Å². The Balaban J connectivity index is 2.08. The van der Waals surface area contributed by atoms with Crippen molar-refractivity contribution < 1.29 is 19.0 Å². The second-order valence-electron chi connectivity index (χ2n) is 3.84. The Morgan fingerprint density at radius 1 is 1.21 bits per heavy atom. The van der Waals surface area contributed by atoms with Crippen LogP contribution in [-0.4, -0.2) is 25.2 Å². The quantitative estimate of drug-likeness (QED) is 0.839. The van der Waals surface area contributed by atoms with E-state index in [9.17, 15) is 4.79 Å². The molecule has 0 amide bonds. The molecule has 1 N–H and O–H groups in total. The fraction of sp³-hybridized carbons (Fsp3) is 0.214. The first kappa shape index (κ1) is 13.0. The second kappa shape index (κ2) is 5.95. The van der Waals surface area contributed by atoms with E-state index in [0.29, 0.717) is 17.2 Å². The summed E-state index contributed by atoms with van der Waals surface area (Å²) in [4.78, 5) is 14.5. The van der Waals surface area contributed by atoms with Crippen molar-refractivity contribution >= 4 is 5.97 Å². The number of ether oxygens (including phenoxy) is 3. The molecule has 0 saturated heterocycles. The van der Waals surface area contributed by atoms with Gasteiger partial charge in [-0.1, -0.05) is 0 Å². The lowest BCUT2D eigenvalue weighted by molar-refractivity contribution is 0.0463. The lowest BCUT2D eigenvalue weighted by Gasteiger charge is -2.10. The van der Waals surface area contributed by atoms with Gasteiger partial charge in [-0.15, -0.1) is 0 Å². The molecule has 2 rings (SSSR count). The second-order valence-corrected chi connectivity index (χ2v) is 3.84. The maximum absolute atomic E-state index is 11.7. The molecule has 0 spiro atoms. The number of methoxy groups -OCH3 is 2. The highest BCUT2D eigenvalue weighted by molar-refractivity contribution is 5.87. The van der Waals surface area contributed by atoms with Gasteiger partial charge in [0.05, 0.1) is 14.2 Å². The van der Waals surface area contributed by atoms with Gasteiger partial charge in [0.1, 0.15) is 23.8 Å². The Kier molecular flexibility index (Phi) is 4.07. The normalized spacial score (nSPS) is 10.0. The van der Waals surface area contributed by atoms with Crippen LogP contribution in [0.1, 0.15) is 16.1 Å². The van der Waals surface area contributed by atoms with Crippen LogP contribution in [0.3, 0.4) is 0 Å². The molecular formula is C14H15NO4. The Morgan fingerprint density at radius 3 is 2.68 bits per heavy atom. The van der Waals surface area contributed by atoms with Crippen molar-refractivity contribution in [1.82, 2.24) is 4.98 Å². The Bertz CT molecular complexity index is 549.